The normalized spacial score (nSPS) is 12.3. The third kappa shape index (κ3) is 3.91. The number of aromatic nitrogens is 2. The summed E-state index contributed by atoms with van der Waals surface area (Å²) in [5.74, 6) is -0.208. The highest BCUT2D eigenvalue weighted by atomic mass is 32.1. The second-order valence-electron chi connectivity index (χ2n) is 4.43. The third-order valence-corrected chi connectivity index (χ3v) is 4.03. The number of nitrogens with one attached hydrogen (secondary N) is 1. The van der Waals surface area contributed by atoms with Gasteiger partial charge in [0.25, 0.3) is 0 Å². The average Bonchev–Trinajstić information content (AvgIpc) is 3.13. The van der Waals surface area contributed by atoms with Crippen molar-refractivity contribution < 1.29 is 9.53 Å². The first-order chi connectivity index (χ1) is 9.72. The van der Waals surface area contributed by atoms with Crippen LogP contribution < -0.4 is 5.32 Å². The van der Waals surface area contributed by atoms with Gasteiger partial charge in [0.15, 0.2) is 0 Å². The molecule has 5 nitrogen and oxygen atoms in total. The first kappa shape index (κ1) is 14.7. The molecule has 0 bridgehead atoms. The standard InChI is InChI=1S/C14H19N3O2S/c1-3-17-10-11(9-16-17)8-15-12(7-14(18)19-2)13-5-4-6-20-13/h4-6,9-10,12,15H,3,7-8H2,1-2H3. The minimum absolute atomic E-state index is 0.0209. The Morgan fingerprint density at radius 3 is 3.05 bits per heavy atom. The molecule has 6 heteroatoms. The fraction of sp³-hybridized carbons (Fsp3) is 0.429. The van der Waals surface area contributed by atoms with Gasteiger partial charge in [0, 0.05) is 29.7 Å². The summed E-state index contributed by atoms with van der Waals surface area (Å²) in [6.45, 7) is 3.59. The van der Waals surface area contributed by atoms with Crippen LogP contribution >= 0.6 is 11.3 Å². The van der Waals surface area contributed by atoms with Gasteiger partial charge in [0.05, 0.1) is 25.8 Å². The zero-order chi connectivity index (χ0) is 14.4. The van der Waals surface area contributed by atoms with E-state index in [9.17, 15) is 4.79 Å². The molecule has 1 atom stereocenters. The second-order valence-corrected chi connectivity index (χ2v) is 5.41. The number of esters is 1. The van der Waals surface area contributed by atoms with E-state index < -0.39 is 0 Å². The molecular weight excluding hydrogens is 274 g/mol. The van der Waals surface area contributed by atoms with Crippen molar-refractivity contribution in [2.45, 2.75) is 32.5 Å². The molecule has 2 heterocycles. The van der Waals surface area contributed by atoms with Crippen molar-refractivity contribution in [3.8, 4) is 0 Å². The smallest absolute Gasteiger partial charge is 0.307 e. The van der Waals surface area contributed by atoms with E-state index in [1.165, 1.54) is 7.11 Å². The largest absolute Gasteiger partial charge is 0.469 e. The molecule has 0 saturated heterocycles. The Morgan fingerprint density at radius 1 is 1.60 bits per heavy atom. The number of thiophene rings is 1. The topological polar surface area (TPSA) is 56.2 Å². The average molecular weight is 293 g/mol. The number of methoxy groups -OCH3 is 1. The Morgan fingerprint density at radius 2 is 2.45 bits per heavy atom. The molecule has 2 rings (SSSR count). The number of hydrogen-bond acceptors (Lipinski definition) is 5. The molecule has 0 aromatic carbocycles. The Kier molecular flexibility index (Phi) is 5.31. The summed E-state index contributed by atoms with van der Waals surface area (Å²) in [4.78, 5) is 12.6. The maximum absolute atomic E-state index is 11.5. The van der Waals surface area contributed by atoms with Crippen molar-refractivity contribution in [1.29, 1.82) is 0 Å². The number of ether oxygens (including phenoxy) is 1. The second kappa shape index (κ2) is 7.21. The van der Waals surface area contributed by atoms with E-state index in [-0.39, 0.29) is 12.0 Å². The van der Waals surface area contributed by atoms with Gasteiger partial charge in [-0.05, 0) is 18.4 Å². The molecular formula is C14H19N3O2S. The van der Waals surface area contributed by atoms with Crippen LogP contribution in [-0.2, 0) is 22.6 Å². The predicted molar refractivity (Wildman–Crippen MR) is 78.4 cm³/mol. The highest BCUT2D eigenvalue weighted by Crippen LogP contribution is 2.22. The fourth-order valence-electron chi connectivity index (χ4n) is 1.92. The fourth-order valence-corrected chi connectivity index (χ4v) is 2.73. The van der Waals surface area contributed by atoms with E-state index >= 15 is 0 Å². The summed E-state index contributed by atoms with van der Waals surface area (Å²) < 4.78 is 6.65. The molecule has 0 aliphatic heterocycles. The first-order valence-corrected chi connectivity index (χ1v) is 7.45. The molecule has 108 valence electrons. The number of hydrogen-bond donors (Lipinski definition) is 1. The third-order valence-electron chi connectivity index (χ3n) is 3.05. The van der Waals surface area contributed by atoms with Gasteiger partial charge in [-0.15, -0.1) is 11.3 Å². The van der Waals surface area contributed by atoms with Gasteiger partial charge in [-0.3, -0.25) is 9.48 Å². The highest BCUT2D eigenvalue weighted by molar-refractivity contribution is 7.10. The lowest BCUT2D eigenvalue weighted by molar-refractivity contribution is -0.141. The van der Waals surface area contributed by atoms with Crippen LogP contribution in [0.1, 0.15) is 29.8 Å². The predicted octanol–water partition coefficient (Wildman–Crippen LogP) is 2.36. The number of carbonyl (C=O) groups excluding carboxylic acids is 1. The lowest BCUT2D eigenvalue weighted by Gasteiger charge is -2.15. The zero-order valence-electron chi connectivity index (χ0n) is 11.7. The van der Waals surface area contributed by atoms with Crippen LogP contribution in [0.4, 0.5) is 0 Å². The lowest BCUT2D eigenvalue weighted by Crippen LogP contribution is -2.23. The van der Waals surface area contributed by atoms with Gasteiger partial charge < -0.3 is 10.1 Å². The van der Waals surface area contributed by atoms with Gasteiger partial charge >= 0.3 is 5.97 Å². The molecule has 0 fully saturated rings. The Labute approximate surface area is 122 Å². The van der Waals surface area contributed by atoms with Gasteiger partial charge in [-0.1, -0.05) is 6.07 Å². The summed E-state index contributed by atoms with van der Waals surface area (Å²) >= 11 is 1.64. The number of aryl methyl sites for hydroxylation is 1. The molecule has 2 aromatic rings. The molecule has 0 amide bonds. The number of carbonyl (C=O) groups is 1. The van der Waals surface area contributed by atoms with Crippen molar-refractivity contribution in [3.63, 3.8) is 0 Å². The molecule has 2 aromatic heterocycles. The molecule has 0 radical (unpaired) electrons. The van der Waals surface area contributed by atoms with Crippen molar-refractivity contribution in [1.82, 2.24) is 15.1 Å². The molecule has 0 spiro atoms. The monoisotopic (exact) mass is 293 g/mol. The highest BCUT2D eigenvalue weighted by Gasteiger charge is 2.17. The van der Waals surface area contributed by atoms with Crippen LogP contribution in [0, 0.1) is 0 Å². The molecule has 1 N–H and O–H groups in total. The van der Waals surface area contributed by atoms with E-state index in [1.807, 2.05) is 34.6 Å². The SMILES string of the molecule is CCn1cc(CNC(CC(=O)OC)c2cccs2)cn1. The molecule has 0 aliphatic rings. The van der Waals surface area contributed by atoms with Crippen LogP contribution in [0.15, 0.2) is 29.9 Å². The van der Waals surface area contributed by atoms with Crippen molar-refractivity contribution in [3.05, 3.63) is 40.3 Å². The van der Waals surface area contributed by atoms with Gasteiger partial charge in [-0.2, -0.15) is 5.10 Å². The Bertz CT molecular complexity index is 536. The van der Waals surface area contributed by atoms with E-state index in [4.69, 9.17) is 4.74 Å². The van der Waals surface area contributed by atoms with Crippen molar-refractivity contribution in [2.24, 2.45) is 0 Å². The summed E-state index contributed by atoms with van der Waals surface area (Å²) in [6.07, 6.45) is 4.19. The van der Waals surface area contributed by atoms with E-state index in [0.717, 1.165) is 17.0 Å². The van der Waals surface area contributed by atoms with Crippen LogP contribution in [0.25, 0.3) is 0 Å². The van der Waals surface area contributed by atoms with Crippen LogP contribution in [0.5, 0.6) is 0 Å². The molecule has 20 heavy (non-hydrogen) atoms. The minimum atomic E-state index is -0.208. The van der Waals surface area contributed by atoms with Crippen molar-refractivity contribution >= 4 is 17.3 Å². The molecule has 0 aliphatic carbocycles. The number of nitrogens with zero attached hydrogens (tertiary/aromatic N) is 2. The van der Waals surface area contributed by atoms with E-state index in [1.54, 1.807) is 11.3 Å². The maximum atomic E-state index is 11.5. The minimum Gasteiger partial charge on any atom is -0.469 e. The van der Waals surface area contributed by atoms with Crippen LogP contribution in [0.3, 0.4) is 0 Å². The van der Waals surface area contributed by atoms with Crippen LogP contribution in [-0.4, -0.2) is 22.9 Å². The van der Waals surface area contributed by atoms with Crippen LogP contribution in [0.2, 0.25) is 0 Å². The van der Waals surface area contributed by atoms with Gasteiger partial charge in [0.1, 0.15) is 0 Å². The Hall–Kier alpha value is -1.66. The van der Waals surface area contributed by atoms with E-state index in [2.05, 4.69) is 17.3 Å². The summed E-state index contributed by atoms with van der Waals surface area (Å²) in [5, 5.41) is 9.65. The molecule has 1 unspecified atom stereocenters. The van der Waals surface area contributed by atoms with E-state index in [0.29, 0.717) is 13.0 Å². The summed E-state index contributed by atoms with van der Waals surface area (Å²) in [7, 11) is 1.42. The summed E-state index contributed by atoms with van der Waals surface area (Å²) in [6, 6.07) is 3.99. The number of rotatable bonds is 7. The lowest BCUT2D eigenvalue weighted by atomic mass is 10.1. The zero-order valence-corrected chi connectivity index (χ0v) is 12.5. The molecule has 0 saturated carbocycles. The quantitative estimate of drug-likeness (QED) is 0.796. The summed E-state index contributed by atoms with van der Waals surface area (Å²) in [5.41, 5.74) is 1.11. The van der Waals surface area contributed by atoms with Crippen molar-refractivity contribution in [2.75, 3.05) is 7.11 Å². The van der Waals surface area contributed by atoms with Gasteiger partial charge in [0.2, 0.25) is 0 Å². The Balaban J connectivity index is 1.98. The van der Waals surface area contributed by atoms with Gasteiger partial charge in [-0.25, -0.2) is 0 Å². The first-order valence-electron chi connectivity index (χ1n) is 6.58. The maximum Gasteiger partial charge on any atom is 0.307 e.